The maximum absolute atomic E-state index is 14.1. The van der Waals surface area contributed by atoms with Crippen LogP contribution < -0.4 is 15.9 Å². The molecule has 0 amide bonds. The van der Waals surface area contributed by atoms with E-state index >= 15 is 0 Å². The Morgan fingerprint density at radius 1 is 1.14 bits per heavy atom. The molecular weight excluding hydrogens is 567 g/mol. The van der Waals surface area contributed by atoms with Gasteiger partial charge in [0.05, 0.1) is 11.3 Å². The molecule has 0 saturated heterocycles. The Hall–Kier alpha value is -3.34. The van der Waals surface area contributed by atoms with Crippen molar-refractivity contribution in [3.8, 4) is 17.3 Å². The fraction of sp³-hybridized carbons (Fsp3) is 0.231. The van der Waals surface area contributed by atoms with E-state index in [2.05, 4.69) is 25.9 Å². The molecule has 0 aliphatic heterocycles. The Bertz CT molecular complexity index is 1630. The van der Waals surface area contributed by atoms with Crippen molar-refractivity contribution in [2.75, 3.05) is 0 Å². The van der Waals surface area contributed by atoms with Crippen LogP contribution in [0, 0.1) is 19.7 Å². The summed E-state index contributed by atoms with van der Waals surface area (Å²) >= 11 is 9.53. The molecular formula is C26H23BrClFN4O4. The predicted octanol–water partition coefficient (Wildman–Crippen LogP) is 4.76. The van der Waals surface area contributed by atoms with Gasteiger partial charge >= 0.3 is 0 Å². The number of nitrogens with zero attached hydrogens (tertiary/aromatic N) is 4. The predicted molar refractivity (Wildman–Crippen MR) is 141 cm³/mol. The monoisotopic (exact) mass is 588 g/mol. The highest BCUT2D eigenvalue weighted by Gasteiger charge is 2.22. The minimum Gasteiger partial charge on any atom is -0.485 e. The van der Waals surface area contributed by atoms with Gasteiger partial charge in [0.2, 0.25) is 0 Å². The summed E-state index contributed by atoms with van der Waals surface area (Å²) in [5, 5.41) is 10.2. The first-order valence-corrected chi connectivity index (χ1v) is 12.3. The fourth-order valence-corrected chi connectivity index (χ4v) is 4.29. The molecule has 4 rings (SSSR count). The van der Waals surface area contributed by atoms with Crippen LogP contribution in [0.25, 0.3) is 11.5 Å². The second-order valence-electron chi connectivity index (χ2n) is 8.96. The van der Waals surface area contributed by atoms with Crippen molar-refractivity contribution in [3.63, 3.8) is 0 Å². The molecule has 4 aromatic rings. The van der Waals surface area contributed by atoms with Gasteiger partial charge in [0.15, 0.2) is 0 Å². The lowest BCUT2D eigenvalue weighted by molar-refractivity contribution is 0.0767. The maximum atomic E-state index is 14.1. The standard InChI is InChI=1S/C26H23BrClFN4O4/c1-14-11-31-22(32-7-5-6-17(24(32)34)26(3,4)36)10-20(14)33-15(2)8-21(23(28)25(33)35)37-13-19-18(29)9-16(27)12-30-19/h5-12,36H,13H2,1-4H3. The SMILES string of the molecule is Cc1cnc(-n2cccc(C(C)(C)O)c2=O)cc1-n1c(C)cc(OCc2ncc(Br)cc2F)c(Cl)c1=O. The molecule has 0 atom stereocenters. The Morgan fingerprint density at radius 3 is 2.54 bits per heavy atom. The zero-order valence-corrected chi connectivity index (χ0v) is 22.8. The zero-order chi connectivity index (χ0) is 27.1. The number of hydrogen-bond acceptors (Lipinski definition) is 6. The minimum absolute atomic E-state index is 0.0643. The summed E-state index contributed by atoms with van der Waals surface area (Å²) in [5.41, 5.74) is -0.460. The number of aryl methyl sites for hydroxylation is 2. The van der Waals surface area contributed by atoms with Gasteiger partial charge in [-0.1, -0.05) is 11.6 Å². The third kappa shape index (κ3) is 5.36. The Balaban J connectivity index is 1.76. The molecule has 4 aromatic heterocycles. The average molecular weight is 590 g/mol. The number of rotatable bonds is 6. The van der Waals surface area contributed by atoms with Gasteiger partial charge in [-0.2, -0.15) is 0 Å². The lowest BCUT2D eigenvalue weighted by Crippen LogP contribution is -2.31. The Morgan fingerprint density at radius 2 is 1.86 bits per heavy atom. The van der Waals surface area contributed by atoms with Gasteiger partial charge in [0, 0.05) is 46.5 Å². The lowest BCUT2D eigenvalue weighted by atomic mass is 10.0. The van der Waals surface area contributed by atoms with Crippen LogP contribution in [0.3, 0.4) is 0 Å². The number of pyridine rings is 4. The van der Waals surface area contributed by atoms with Crippen molar-refractivity contribution in [2.24, 2.45) is 0 Å². The van der Waals surface area contributed by atoms with Crippen LogP contribution in [0.1, 0.15) is 36.4 Å². The molecule has 0 bridgehead atoms. The van der Waals surface area contributed by atoms with Crippen LogP contribution in [0.5, 0.6) is 5.75 Å². The zero-order valence-electron chi connectivity index (χ0n) is 20.4. The van der Waals surface area contributed by atoms with Gasteiger partial charge in [-0.25, -0.2) is 9.37 Å². The second kappa shape index (κ2) is 10.2. The highest BCUT2D eigenvalue weighted by Crippen LogP contribution is 2.26. The summed E-state index contributed by atoms with van der Waals surface area (Å²) in [4.78, 5) is 34.7. The number of aromatic nitrogens is 4. The number of halogens is 3. The normalized spacial score (nSPS) is 11.6. The van der Waals surface area contributed by atoms with Crippen molar-refractivity contribution in [1.82, 2.24) is 19.1 Å². The van der Waals surface area contributed by atoms with Crippen LogP contribution in [-0.4, -0.2) is 24.2 Å². The van der Waals surface area contributed by atoms with E-state index in [1.807, 2.05) is 0 Å². The number of aliphatic hydroxyl groups is 1. The molecule has 0 fully saturated rings. The summed E-state index contributed by atoms with van der Waals surface area (Å²) in [6, 6.07) is 7.62. The molecule has 0 radical (unpaired) electrons. The summed E-state index contributed by atoms with van der Waals surface area (Å²) in [6.45, 7) is 6.30. The van der Waals surface area contributed by atoms with Crippen molar-refractivity contribution in [2.45, 2.75) is 39.9 Å². The summed E-state index contributed by atoms with van der Waals surface area (Å²) in [5.74, 6) is -0.207. The molecule has 0 aliphatic rings. The molecule has 0 aliphatic carbocycles. The van der Waals surface area contributed by atoms with E-state index in [9.17, 15) is 19.1 Å². The molecule has 4 heterocycles. The van der Waals surface area contributed by atoms with E-state index in [4.69, 9.17) is 16.3 Å². The molecule has 37 heavy (non-hydrogen) atoms. The summed E-state index contributed by atoms with van der Waals surface area (Å²) < 4.78 is 22.9. The van der Waals surface area contributed by atoms with E-state index in [1.54, 1.807) is 44.3 Å². The van der Waals surface area contributed by atoms with Gasteiger partial charge < -0.3 is 9.84 Å². The van der Waals surface area contributed by atoms with Crippen LogP contribution >= 0.6 is 27.5 Å². The van der Waals surface area contributed by atoms with Gasteiger partial charge in [0.25, 0.3) is 11.1 Å². The average Bonchev–Trinajstić information content (AvgIpc) is 2.82. The van der Waals surface area contributed by atoms with Gasteiger partial charge in [-0.3, -0.25) is 23.7 Å². The third-order valence-electron chi connectivity index (χ3n) is 5.70. The van der Waals surface area contributed by atoms with Crippen LogP contribution in [0.2, 0.25) is 5.02 Å². The number of ether oxygens (including phenoxy) is 1. The maximum Gasteiger partial charge on any atom is 0.277 e. The highest BCUT2D eigenvalue weighted by atomic mass is 79.9. The van der Waals surface area contributed by atoms with Crippen LogP contribution in [-0.2, 0) is 12.2 Å². The molecule has 0 spiro atoms. The largest absolute Gasteiger partial charge is 0.485 e. The van der Waals surface area contributed by atoms with Crippen LogP contribution in [0.15, 0.2) is 63.0 Å². The molecule has 192 valence electrons. The quantitative estimate of drug-likeness (QED) is 0.348. The number of hydrogen-bond donors (Lipinski definition) is 1. The van der Waals surface area contributed by atoms with Crippen molar-refractivity contribution >= 4 is 27.5 Å². The van der Waals surface area contributed by atoms with E-state index in [1.165, 1.54) is 41.4 Å². The summed E-state index contributed by atoms with van der Waals surface area (Å²) in [7, 11) is 0. The van der Waals surface area contributed by atoms with Gasteiger partial charge in [-0.15, -0.1) is 0 Å². The first-order chi connectivity index (χ1) is 17.4. The Kier molecular flexibility index (Phi) is 7.36. The molecule has 1 N–H and O–H groups in total. The fourth-order valence-electron chi connectivity index (χ4n) is 3.80. The molecule has 0 aromatic carbocycles. The van der Waals surface area contributed by atoms with Crippen molar-refractivity contribution < 1.29 is 14.2 Å². The van der Waals surface area contributed by atoms with Gasteiger partial charge in [-0.05, 0) is 67.4 Å². The van der Waals surface area contributed by atoms with Crippen molar-refractivity contribution in [1.29, 1.82) is 0 Å². The van der Waals surface area contributed by atoms with Crippen molar-refractivity contribution in [3.05, 3.63) is 107 Å². The summed E-state index contributed by atoms with van der Waals surface area (Å²) in [6.07, 6.45) is 4.52. The highest BCUT2D eigenvalue weighted by molar-refractivity contribution is 9.10. The van der Waals surface area contributed by atoms with E-state index in [0.717, 1.165) is 0 Å². The Labute approximate surface area is 225 Å². The second-order valence-corrected chi connectivity index (χ2v) is 10.3. The first kappa shape index (κ1) is 26.7. The molecule has 11 heteroatoms. The third-order valence-corrected chi connectivity index (χ3v) is 6.48. The van der Waals surface area contributed by atoms with Gasteiger partial charge in [0.1, 0.15) is 34.7 Å². The van der Waals surface area contributed by atoms with E-state index in [0.29, 0.717) is 21.4 Å². The smallest absolute Gasteiger partial charge is 0.277 e. The lowest BCUT2D eigenvalue weighted by Gasteiger charge is -2.19. The minimum atomic E-state index is -1.35. The topological polar surface area (TPSA) is 99.2 Å². The van der Waals surface area contributed by atoms with E-state index in [-0.39, 0.29) is 34.5 Å². The van der Waals surface area contributed by atoms with Crippen LogP contribution in [0.4, 0.5) is 4.39 Å². The molecule has 0 unspecified atom stereocenters. The first-order valence-electron chi connectivity index (χ1n) is 11.1. The van der Waals surface area contributed by atoms with E-state index < -0.39 is 22.5 Å². The molecule has 0 saturated carbocycles. The molecule has 8 nitrogen and oxygen atoms in total.